The Labute approximate surface area is 96.7 Å². The van der Waals surface area contributed by atoms with Gasteiger partial charge in [-0.3, -0.25) is 0 Å². The maximum absolute atomic E-state index is 8.63. The molecule has 0 spiro atoms. The fourth-order valence-electron chi connectivity index (χ4n) is 2.19. The minimum absolute atomic E-state index is 0. The van der Waals surface area contributed by atoms with Gasteiger partial charge in [0, 0.05) is 29.6 Å². The van der Waals surface area contributed by atoms with Gasteiger partial charge >= 0.3 is 0 Å². The first-order chi connectivity index (χ1) is 5.03. The van der Waals surface area contributed by atoms with Crippen molar-refractivity contribution in [1.29, 1.82) is 0 Å². The van der Waals surface area contributed by atoms with Crippen LogP contribution in [0.25, 0.3) is 0 Å². The van der Waals surface area contributed by atoms with E-state index < -0.39 is 0 Å². The smallest absolute Gasteiger partial charge is 0.0578 e. The van der Waals surface area contributed by atoms with E-state index >= 15 is 0 Å². The molecule has 1 aliphatic carbocycles. The molecule has 1 N–H and O–H groups in total. The fraction of sp³-hybridized carbons (Fsp3) is 0.889. The Balaban J connectivity index is 0.00000121. The first kappa shape index (κ1) is 12.5. The number of oxime groups is 1. The second-order valence-electron chi connectivity index (χ2n) is 4.52. The Morgan fingerprint density at radius 2 is 2.08 bits per heavy atom. The van der Waals surface area contributed by atoms with E-state index in [4.69, 9.17) is 5.21 Å². The van der Waals surface area contributed by atoms with Gasteiger partial charge in [-0.1, -0.05) is 25.9 Å². The zero-order valence-corrected chi connectivity index (χ0v) is 10.6. The van der Waals surface area contributed by atoms with Crippen LogP contribution in [0.15, 0.2) is 5.16 Å². The van der Waals surface area contributed by atoms with Crippen LogP contribution in [0.3, 0.4) is 0 Å². The average molecular weight is 178 g/mol. The van der Waals surface area contributed by atoms with Gasteiger partial charge in [0.1, 0.15) is 0 Å². The molecule has 0 aromatic rings. The molecule has 1 radical (unpaired) electrons. The molecular weight excluding hydrogens is 161 g/mol. The summed E-state index contributed by atoms with van der Waals surface area (Å²) in [6.45, 7) is 6.67. The van der Waals surface area contributed by atoms with Crippen LogP contribution >= 0.6 is 0 Å². The molecule has 1 rings (SSSR count). The summed E-state index contributed by atoms with van der Waals surface area (Å²) >= 11 is 0. The van der Waals surface area contributed by atoms with Crippen molar-refractivity contribution in [3.8, 4) is 0 Å². The van der Waals surface area contributed by atoms with Crippen molar-refractivity contribution in [3.63, 3.8) is 0 Å². The van der Waals surface area contributed by atoms with Gasteiger partial charge < -0.3 is 5.21 Å². The van der Waals surface area contributed by atoms with Gasteiger partial charge in [0.15, 0.2) is 0 Å². The van der Waals surface area contributed by atoms with E-state index in [1.807, 2.05) is 0 Å². The minimum Gasteiger partial charge on any atom is -0.411 e. The molecular formula is C9H17NNaO. The molecule has 0 bridgehead atoms. The topological polar surface area (TPSA) is 32.6 Å². The van der Waals surface area contributed by atoms with E-state index in [0.717, 1.165) is 18.6 Å². The van der Waals surface area contributed by atoms with E-state index in [0.29, 0.717) is 11.3 Å². The van der Waals surface area contributed by atoms with Crippen molar-refractivity contribution in [2.24, 2.45) is 16.5 Å². The van der Waals surface area contributed by atoms with E-state index in [1.165, 1.54) is 6.42 Å². The third-order valence-corrected chi connectivity index (χ3v) is 2.31. The largest absolute Gasteiger partial charge is 0.411 e. The van der Waals surface area contributed by atoms with E-state index in [1.54, 1.807) is 0 Å². The maximum atomic E-state index is 8.63. The molecule has 1 atom stereocenters. The van der Waals surface area contributed by atoms with Crippen molar-refractivity contribution in [1.82, 2.24) is 0 Å². The van der Waals surface area contributed by atoms with Gasteiger partial charge in [-0.2, -0.15) is 0 Å². The van der Waals surface area contributed by atoms with Gasteiger partial charge in [-0.15, -0.1) is 0 Å². The van der Waals surface area contributed by atoms with Crippen LogP contribution in [0.2, 0.25) is 0 Å². The van der Waals surface area contributed by atoms with E-state index in [2.05, 4.69) is 25.9 Å². The zero-order chi connectivity index (χ0) is 8.48. The summed E-state index contributed by atoms with van der Waals surface area (Å²) in [6.07, 6.45) is 3.17. The molecule has 2 nitrogen and oxygen atoms in total. The molecule has 1 saturated carbocycles. The van der Waals surface area contributed by atoms with Crippen LogP contribution in [0.1, 0.15) is 40.0 Å². The molecule has 1 unspecified atom stereocenters. The molecule has 3 heteroatoms. The first-order valence-electron chi connectivity index (χ1n) is 4.23. The van der Waals surface area contributed by atoms with Crippen molar-refractivity contribution < 1.29 is 5.21 Å². The summed E-state index contributed by atoms with van der Waals surface area (Å²) in [5.41, 5.74) is 1.30. The summed E-state index contributed by atoms with van der Waals surface area (Å²) in [6, 6.07) is 0. The maximum Gasteiger partial charge on any atom is 0.0578 e. The Morgan fingerprint density at radius 1 is 1.50 bits per heavy atom. The van der Waals surface area contributed by atoms with Gasteiger partial charge in [0.05, 0.1) is 5.71 Å². The van der Waals surface area contributed by atoms with Crippen molar-refractivity contribution >= 4 is 35.3 Å². The molecule has 12 heavy (non-hydrogen) atoms. The molecule has 0 aliphatic heterocycles. The Kier molecular flexibility index (Phi) is 4.82. The molecule has 0 aromatic carbocycles. The Bertz CT molecular complexity index is 177. The number of nitrogens with zero attached hydrogens (tertiary/aromatic N) is 1. The second kappa shape index (κ2) is 4.64. The van der Waals surface area contributed by atoms with Crippen LogP contribution in [0.4, 0.5) is 0 Å². The number of hydrogen-bond donors (Lipinski definition) is 1. The standard InChI is InChI=1S/C9H17NO.Na/c1-7-4-8(10-11)6-9(2,3)5-7;/h7,11H,4-6H2,1-3H3;. The average Bonchev–Trinajstić information content (AvgIpc) is 1.83. The van der Waals surface area contributed by atoms with Crippen LogP contribution in [0, 0.1) is 11.3 Å². The Morgan fingerprint density at radius 3 is 2.50 bits per heavy atom. The molecule has 0 amide bonds. The van der Waals surface area contributed by atoms with Crippen LogP contribution in [0.5, 0.6) is 0 Å². The number of rotatable bonds is 0. The van der Waals surface area contributed by atoms with E-state index in [-0.39, 0.29) is 29.6 Å². The molecule has 1 aliphatic rings. The van der Waals surface area contributed by atoms with Crippen molar-refractivity contribution in [2.45, 2.75) is 40.0 Å². The summed E-state index contributed by atoms with van der Waals surface area (Å²) in [4.78, 5) is 0. The normalized spacial score (nSPS) is 31.2. The van der Waals surface area contributed by atoms with Gasteiger partial charge in [-0.25, -0.2) is 0 Å². The second-order valence-corrected chi connectivity index (χ2v) is 4.52. The van der Waals surface area contributed by atoms with Crippen LogP contribution in [-0.2, 0) is 0 Å². The predicted octanol–water partition coefficient (Wildman–Crippen LogP) is 2.28. The van der Waals surface area contributed by atoms with Gasteiger partial charge in [-0.05, 0) is 30.6 Å². The quantitative estimate of drug-likeness (QED) is 0.344. The van der Waals surface area contributed by atoms with Gasteiger partial charge in [0.25, 0.3) is 0 Å². The molecule has 0 saturated heterocycles. The summed E-state index contributed by atoms with van der Waals surface area (Å²) < 4.78 is 0. The first-order valence-corrected chi connectivity index (χ1v) is 4.23. The summed E-state index contributed by atoms with van der Waals surface area (Å²) in [5.74, 6) is 0.671. The summed E-state index contributed by atoms with van der Waals surface area (Å²) in [7, 11) is 0. The summed E-state index contributed by atoms with van der Waals surface area (Å²) in [5, 5.41) is 11.9. The van der Waals surface area contributed by atoms with Crippen molar-refractivity contribution in [2.75, 3.05) is 0 Å². The molecule has 65 valence electrons. The van der Waals surface area contributed by atoms with Crippen molar-refractivity contribution in [3.05, 3.63) is 0 Å². The van der Waals surface area contributed by atoms with Gasteiger partial charge in [0.2, 0.25) is 0 Å². The number of hydrogen-bond acceptors (Lipinski definition) is 2. The molecule has 0 heterocycles. The Hall–Kier alpha value is 0.470. The third kappa shape index (κ3) is 3.46. The van der Waals surface area contributed by atoms with E-state index in [9.17, 15) is 0 Å². The minimum atomic E-state index is 0. The third-order valence-electron chi connectivity index (χ3n) is 2.31. The predicted molar refractivity (Wildman–Crippen MR) is 51.8 cm³/mol. The molecule has 1 fully saturated rings. The van der Waals surface area contributed by atoms with Crippen LogP contribution in [-0.4, -0.2) is 40.5 Å². The fourth-order valence-corrected chi connectivity index (χ4v) is 2.19. The molecule has 0 aromatic heterocycles. The monoisotopic (exact) mass is 178 g/mol. The SMILES string of the molecule is CC1CC(=NO)CC(C)(C)C1.[Na]. The van der Waals surface area contributed by atoms with Crippen LogP contribution < -0.4 is 0 Å². The zero-order valence-electron chi connectivity index (χ0n) is 8.59.